The molecule has 0 aliphatic carbocycles. The minimum absolute atomic E-state index is 0.315. The maximum atomic E-state index is 11.5. The molecule has 1 aromatic rings. The van der Waals surface area contributed by atoms with E-state index in [0.29, 0.717) is 35.2 Å². The second kappa shape index (κ2) is 7.08. The van der Waals surface area contributed by atoms with Crippen LogP contribution in [-0.2, 0) is 9.59 Å². The largest absolute Gasteiger partial charge is 0.398 e. The predicted molar refractivity (Wildman–Crippen MR) is 72.8 cm³/mol. The summed E-state index contributed by atoms with van der Waals surface area (Å²) in [5.74, 6) is -1.05. The lowest BCUT2D eigenvalue weighted by molar-refractivity contribution is -0.136. The summed E-state index contributed by atoms with van der Waals surface area (Å²) in [4.78, 5) is 22.8. The number of rotatable bonds is 4. The average molecular weight is 290 g/mol. The van der Waals surface area contributed by atoms with Gasteiger partial charge in [-0.1, -0.05) is 11.6 Å². The Bertz CT molecular complexity index is 452. The summed E-state index contributed by atoms with van der Waals surface area (Å²) in [5, 5.41) is 5.16. The summed E-state index contributed by atoms with van der Waals surface area (Å²) >= 11 is 11.2. The maximum absolute atomic E-state index is 11.5. The fourth-order valence-corrected chi connectivity index (χ4v) is 1.46. The van der Waals surface area contributed by atoms with Crippen LogP contribution in [0, 0.1) is 0 Å². The van der Waals surface area contributed by atoms with Crippen molar-refractivity contribution in [2.75, 3.05) is 23.5 Å². The summed E-state index contributed by atoms with van der Waals surface area (Å²) in [6, 6.07) is 4.58. The van der Waals surface area contributed by atoms with Crippen molar-refractivity contribution < 1.29 is 9.59 Å². The van der Waals surface area contributed by atoms with Crippen LogP contribution in [0.25, 0.3) is 0 Å². The number of carbonyl (C=O) groups is 2. The fourth-order valence-electron chi connectivity index (χ4n) is 1.14. The summed E-state index contributed by atoms with van der Waals surface area (Å²) in [7, 11) is 0. The van der Waals surface area contributed by atoms with Gasteiger partial charge in [0.25, 0.3) is 0 Å². The Morgan fingerprint density at radius 2 is 2.00 bits per heavy atom. The van der Waals surface area contributed by atoms with E-state index in [9.17, 15) is 9.59 Å². The minimum atomic E-state index is -0.759. The molecule has 1 rings (SSSR count). The first-order valence-electron chi connectivity index (χ1n) is 5.24. The van der Waals surface area contributed by atoms with E-state index in [1.165, 1.54) is 6.07 Å². The molecule has 2 amide bonds. The van der Waals surface area contributed by atoms with Crippen LogP contribution in [0.15, 0.2) is 18.2 Å². The Morgan fingerprint density at radius 1 is 1.28 bits per heavy atom. The number of benzene rings is 1. The number of carbonyl (C=O) groups excluding carboxylic acids is 2. The Morgan fingerprint density at radius 3 is 2.61 bits per heavy atom. The molecule has 0 fully saturated rings. The number of alkyl halides is 1. The molecule has 0 saturated carbocycles. The van der Waals surface area contributed by atoms with Gasteiger partial charge in [0.05, 0.1) is 10.7 Å². The van der Waals surface area contributed by atoms with E-state index in [4.69, 9.17) is 28.9 Å². The number of nitrogen functional groups attached to an aromatic ring is 1. The topological polar surface area (TPSA) is 84.2 Å². The third-order valence-electron chi connectivity index (χ3n) is 2.06. The van der Waals surface area contributed by atoms with Gasteiger partial charge >= 0.3 is 11.8 Å². The number of halogens is 2. The van der Waals surface area contributed by atoms with Gasteiger partial charge < -0.3 is 16.4 Å². The Labute approximate surface area is 115 Å². The van der Waals surface area contributed by atoms with Crippen LogP contribution in [0.4, 0.5) is 11.4 Å². The molecular weight excluding hydrogens is 277 g/mol. The number of hydrogen-bond donors (Lipinski definition) is 3. The molecule has 0 heterocycles. The molecule has 0 aliphatic rings. The Balaban J connectivity index is 2.53. The standard InChI is InChI=1S/C11H13Cl2N3O2/c12-4-1-5-15-10(17)11(18)16-7-2-3-9(14)8(13)6-7/h2-3,6H,1,4-5,14H2,(H,15,17)(H,16,18). The molecular formula is C11H13Cl2N3O2. The molecule has 4 N–H and O–H groups in total. The van der Waals surface area contributed by atoms with Gasteiger partial charge in [-0.05, 0) is 24.6 Å². The smallest absolute Gasteiger partial charge is 0.313 e. The zero-order valence-corrected chi connectivity index (χ0v) is 11.0. The van der Waals surface area contributed by atoms with Gasteiger partial charge in [-0.2, -0.15) is 0 Å². The lowest BCUT2D eigenvalue weighted by Crippen LogP contribution is -2.36. The lowest BCUT2D eigenvalue weighted by atomic mass is 10.3. The normalized spacial score (nSPS) is 9.89. The highest BCUT2D eigenvalue weighted by Gasteiger charge is 2.13. The van der Waals surface area contributed by atoms with Gasteiger partial charge in [-0.3, -0.25) is 9.59 Å². The van der Waals surface area contributed by atoms with Crippen molar-refractivity contribution in [2.45, 2.75) is 6.42 Å². The molecule has 18 heavy (non-hydrogen) atoms. The first-order valence-corrected chi connectivity index (χ1v) is 6.16. The van der Waals surface area contributed by atoms with Gasteiger partial charge in [-0.25, -0.2) is 0 Å². The number of hydrogen-bond acceptors (Lipinski definition) is 3. The summed E-state index contributed by atoms with van der Waals surface area (Å²) in [6.07, 6.45) is 0.605. The number of nitrogens with one attached hydrogen (secondary N) is 2. The molecule has 5 nitrogen and oxygen atoms in total. The van der Waals surface area contributed by atoms with Crippen LogP contribution in [0.5, 0.6) is 0 Å². The van der Waals surface area contributed by atoms with Crippen LogP contribution in [0.2, 0.25) is 5.02 Å². The third-order valence-corrected chi connectivity index (χ3v) is 2.66. The van der Waals surface area contributed by atoms with Crippen molar-refractivity contribution >= 4 is 46.4 Å². The summed E-state index contributed by atoms with van der Waals surface area (Å²) in [6.45, 7) is 0.359. The van der Waals surface area contributed by atoms with Crippen molar-refractivity contribution in [2.24, 2.45) is 0 Å². The molecule has 0 aromatic heterocycles. The van der Waals surface area contributed by atoms with Crippen LogP contribution in [-0.4, -0.2) is 24.2 Å². The van der Waals surface area contributed by atoms with Gasteiger partial charge in [0.15, 0.2) is 0 Å². The van der Waals surface area contributed by atoms with E-state index in [-0.39, 0.29) is 0 Å². The SMILES string of the molecule is Nc1ccc(NC(=O)C(=O)NCCCCl)cc1Cl. The Hall–Kier alpha value is -1.46. The van der Waals surface area contributed by atoms with Crippen LogP contribution in [0.1, 0.15) is 6.42 Å². The molecule has 7 heteroatoms. The van der Waals surface area contributed by atoms with E-state index in [0.717, 1.165) is 0 Å². The third kappa shape index (κ3) is 4.43. The van der Waals surface area contributed by atoms with Crippen LogP contribution < -0.4 is 16.4 Å². The lowest BCUT2D eigenvalue weighted by Gasteiger charge is -2.07. The van der Waals surface area contributed by atoms with Gasteiger partial charge in [0, 0.05) is 18.1 Å². The second-order valence-corrected chi connectivity index (χ2v) is 4.27. The number of nitrogens with two attached hydrogens (primary N) is 1. The quantitative estimate of drug-likeness (QED) is 0.341. The van der Waals surface area contributed by atoms with Crippen molar-refractivity contribution in [1.29, 1.82) is 0 Å². The van der Waals surface area contributed by atoms with Crippen molar-refractivity contribution in [1.82, 2.24) is 5.32 Å². The van der Waals surface area contributed by atoms with Crippen molar-refractivity contribution in [3.05, 3.63) is 23.2 Å². The zero-order chi connectivity index (χ0) is 13.5. The van der Waals surface area contributed by atoms with E-state index < -0.39 is 11.8 Å². The summed E-state index contributed by atoms with van der Waals surface area (Å²) < 4.78 is 0. The first-order chi connectivity index (χ1) is 8.54. The number of amides is 2. The molecule has 0 aliphatic heterocycles. The predicted octanol–water partition coefficient (Wildman–Crippen LogP) is 1.61. The molecule has 98 valence electrons. The van der Waals surface area contributed by atoms with E-state index >= 15 is 0 Å². The average Bonchev–Trinajstić information content (AvgIpc) is 2.34. The second-order valence-electron chi connectivity index (χ2n) is 3.49. The molecule has 0 atom stereocenters. The monoisotopic (exact) mass is 289 g/mol. The molecule has 0 spiro atoms. The van der Waals surface area contributed by atoms with Gasteiger partial charge in [0.2, 0.25) is 0 Å². The van der Waals surface area contributed by atoms with E-state index in [1.54, 1.807) is 12.1 Å². The first kappa shape index (κ1) is 14.6. The van der Waals surface area contributed by atoms with E-state index in [1.807, 2.05) is 0 Å². The highest BCUT2D eigenvalue weighted by molar-refractivity contribution is 6.40. The molecule has 1 aromatic carbocycles. The van der Waals surface area contributed by atoms with Crippen molar-refractivity contribution in [3.63, 3.8) is 0 Å². The van der Waals surface area contributed by atoms with E-state index in [2.05, 4.69) is 10.6 Å². The molecule has 0 unspecified atom stereocenters. The number of anilines is 2. The summed E-state index contributed by atoms with van der Waals surface area (Å²) in [5.41, 5.74) is 6.34. The Kier molecular flexibility index (Phi) is 5.74. The minimum Gasteiger partial charge on any atom is -0.398 e. The fraction of sp³-hybridized carbons (Fsp3) is 0.273. The molecule has 0 bridgehead atoms. The van der Waals surface area contributed by atoms with Gasteiger partial charge in [0.1, 0.15) is 0 Å². The highest BCUT2D eigenvalue weighted by Crippen LogP contribution is 2.22. The highest BCUT2D eigenvalue weighted by atomic mass is 35.5. The van der Waals surface area contributed by atoms with Crippen molar-refractivity contribution in [3.8, 4) is 0 Å². The zero-order valence-electron chi connectivity index (χ0n) is 9.50. The van der Waals surface area contributed by atoms with Gasteiger partial charge in [-0.15, -0.1) is 11.6 Å². The molecule has 0 radical (unpaired) electrons. The maximum Gasteiger partial charge on any atom is 0.313 e. The van der Waals surface area contributed by atoms with Crippen LogP contribution in [0.3, 0.4) is 0 Å². The van der Waals surface area contributed by atoms with Crippen LogP contribution >= 0.6 is 23.2 Å². The molecule has 0 saturated heterocycles.